The van der Waals surface area contributed by atoms with Crippen molar-refractivity contribution in [2.75, 3.05) is 39.7 Å². The van der Waals surface area contributed by atoms with Crippen LogP contribution >= 0.6 is 0 Å². The van der Waals surface area contributed by atoms with Crippen molar-refractivity contribution in [2.24, 2.45) is 0 Å². The first-order valence-electron chi connectivity index (χ1n) is 10.1. The number of hydrogen-bond acceptors (Lipinski definition) is 5. The number of urea groups is 1. The van der Waals surface area contributed by atoms with E-state index in [1.54, 1.807) is 24.1 Å². The van der Waals surface area contributed by atoms with Crippen LogP contribution in [0.3, 0.4) is 0 Å². The number of likely N-dealkylation sites (N-methyl/N-ethyl adjacent to an activating group) is 1. The smallest absolute Gasteiger partial charge is 0.319 e. The van der Waals surface area contributed by atoms with Crippen LogP contribution in [-0.4, -0.2) is 55.1 Å². The van der Waals surface area contributed by atoms with Crippen molar-refractivity contribution >= 4 is 11.7 Å². The minimum Gasteiger partial charge on any atom is -0.497 e. The maximum Gasteiger partial charge on any atom is 0.319 e. The summed E-state index contributed by atoms with van der Waals surface area (Å²) in [4.78, 5) is 14.5. The van der Waals surface area contributed by atoms with Crippen molar-refractivity contribution in [3.05, 3.63) is 72.6 Å². The molecule has 0 saturated carbocycles. The number of rotatable bonds is 10. The fourth-order valence-corrected chi connectivity index (χ4v) is 3.17. The van der Waals surface area contributed by atoms with Gasteiger partial charge < -0.3 is 25.0 Å². The topological polar surface area (TPSA) is 80.7 Å². The van der Waals surface area contributed by atoms with Crippen LogP contribution in [0.15, 0.2) is 67.0 Å². The number of anilines is 1. The number of carbonyl (C=O) groups excluding carboxylic acids is 1. The van der Waals surface area contributed by atoms with E-state index in [0.717, 1.165) is 11.3 Å². The quantitative estimate of drug-likeness (QED) is 0.522. The summed E-state index contributed by atoms with van der Waals surface area (Å²) >= 11 is 0. The number of amides is 2. The molecule has 31 heavy (non-hydrogen) atoms. The summed E-state index contributed by atoms with van der Waals surface area (Å²) in [5.41, 5.74) is 1.73. The van der Waals surface area contributed by atoms with E-state index in [4.69, 9.17) is 9.47 Å². The van der Waals surface area contributed by atoms with Gasteiger partial charge in [0.2, 0.25) is 0 Å². The summed E-state index contributed by atoms with van der Waals surface area (Å²) in [5.74, 6) is 1.48. The van der Waals surface area contributed by atoms with Gasteiger partial charge in [-0.05, 0) is 50.0 Å². The Kier molecular flexibility index (Phi) is 7.89. The Morgan fingerprint density at radius 1 is 1.13 bits per heavy atom. The predicted octanol–water partition coefficient (Wildman–Crippen LogP) is 3.40. The number of nitrogens with one attached hydrogen (secondary N) is 2. The molecule has 1 unspecified atom stereocenters. The van der Waals surface area contributed by atoms with E-state index < -0.39 is 0 Å². The Morgan fingerprint density at radius 3 is 2.68 bits per heavy atom. The molecule has 3 aromatic rings. The van der Waals surface area contributed by atoms with Gasteiger partial charge in [0, 0.05) is 30.7 Å². The first kappa shape index (κ1) is 22.2. The molecular formula is C23H29N5O3. The molecule has 164 valence electrons. The predicted molar refractivity (Wildman–Crippen MR) is 121 cm³/mol. The van der Waals surface area contributed by atoms with E-state index >= 15 is 0 Å². The zero-order valence-corrected chi connectivity index (χ0v) is 18.1. The van der Waals surface area contributed by atoms with E-state index in [1.165, 1.54) is 0 Å². The van der Waals surface area contributed by atoms with Crippen molar-refractivity contribution in [3.8, 4) is 11.5 Å². The van der Waals surface area contributed by atoms with E-state index in [2.05, 4.69) is 20.6 Å². The molecule has 0 aliphatic carbocycles. The summed E-state index contributed by atoms with van der Waals surface area (Å²) in [6.45, 7) is 1.59. The maximum absolute atomic E-state index is 12.5. The van der Waals surface area contributed by atoms with Crippen LogP contribution < -0.4 is 20.1 Å². The zero-order valence-electron chi connectivity index (χ0n) is 18.1. The number of benzene rings is 2. The monoisotopic (exact) mass is 423 g/mol. The zero-order chi connectivity index (χ0) is 22.1. The van der Waals surface area contributed by atoms with Gasteiger partial charge >= 0.3 is 6.03 Å². The Balaban J connectivity index is 1.52. The number of aromatic nitrogens is 2. The highest BCUT2D eigenvalue weighted by Crippen LogP contribution is 2.22. The molecule has 1 heterocycles. The van der Waals surface area contributed by atoms with Crippen LogP contribution in [0, 0.1) is 0 Å². The molecular weight excluding hydrogens is 394 g/mol. The molecule has 0 spiro atoms. The fraction of sp³-hybridized carbons (Fsp3) is 0.304. The second kappa shape index (κ2) is 11.0. The molecule has 0 saturated heterocycles. The van der Waals surface area contributed by atoms with Crippen LogP contribution in [0.2, 0.25) is 0 Å². The average Bonchev–Trinajstić information content (AvgIpc) is 3.27. The van der Waals surface area contributed by atoms with Crippen molar-refractivity contribution in [3.63, 3.8) is 0 Å². The Hall–Kier alpha value is -3.52. The van der Waals surface area contributed by atoms with Crippen LogP contribution in [0.4, 0.5) is 10.5 Å². The SMILES string of the molecule is COc1cccc(C(CNC(=O)Nc2cccc(OCCn3cccn3)c2)N(C)C)c1. The third-order valence-corrected chi connectivity index (χ3v) is 4.80. The molecule has 8 nitrogen and oxygen atoms in total. The highest BCUT2D eigenvalue weighted by atomic mass is 16.5. The first-order chi connectivity index (χ1) is 15.0. The largest absolute Gasteiger partial charge is 0.497 e. The minimum absolute atomic E-state index is 0.0119. The molecule has 0 aliphatic rings. The van der Waals surface area contributed by atoms with Crippen molar-refractivity contribution < 1.29 is 14.3 Å². The Bertz CT molecular complexity index is 959. The fourth-order valence-electron chi connectivity index (χ4n) is 3.17. The highest BCUT2D eigenvalue weighted by molar-refractivity contribution is 5.89. The van der Waals surface area contributed by atoms with Gasteiger partial charge in [-0.1, -0.05) is 18.2 Å². The first-order valence-corrected chi connectivity index (χ1v) is 10.1. The normalized spacial score (nSPS) is 11.7. The van der Waals surface area contributed by atoms with Gasteiger partial charge in [0.15, 0.2) is 0 Å². The molecule has 0 radical (unpaired) electrons. The Labute approximate surface area is 182 Å². The number of carbonyl (C=O) groups is 1. The molecule has 2 N–H and O–H groups in total. The molecule has 8 heteroatoms. The lowest BCUT2D eigenvalue weighted by atomic mass is 10.1. The molecule has 2 aromatic carbocycles. The van der Waals surface area contributed by atoms with Crippen LogP contribution in [0.5, 0.6) is 11.5 Å². The lowest BCUT2D eigenvalue weighted by Gasteiger charge is -2.25. The second-order valence-electron chi connectivity index (χ2n) is 7.24. The average molecular weight is 424 g/mol. The van der Waals surface area contributed by atoms with Gasteiger partial charge in [0.05, 0.1) is 19.7 Å². The molecule has 3 rings (SSSR count). The van der Waals surface area contributed by atoms with Crippen molar-refractivity contribution in [1.29, 1.82) is 0 Å². The summed E-state index contributed by atoms with van der Waals surface area (Å²) in [7, 11) is 5.60. The van der Waals surface area contributed by atoms with Crippen molar-refractivity contribution in [1.82, 2.24) is 20.0 Å². The molecule has 1 atom stereocenters. The third-order valence-electron chi connectivity index (χ3n) is 4.80. The lowest BCUT2D eigenvalue weighted by molar-refractivity contribution is 0.243. The summed E-state index contributed by atoms with van der Waals surface area (Å²) in [6, 6.07) is 16.8. The molecule has 0 bridgehead atoms. The van der Waals surface area contributed by atoms with Crippen LogP contribution in [0.1, 0.15) is 11.6 Å². The number of ether oxygens (including phenoxy) is 2. The second-order valence-corrected chi connectivity index (χ2v) is 7.24. The van der Waals surface area contributed by atoms with Crippen LogP contribution in [-0.2, 0) is 6.54 Å². The summed E-state index contributed by atoms with van der Waals surface area (Å²) in [6.07, 6.45) is 3.62. The van der Waals surface area contributed by atoms with E-state index in [9.17, 15) is 4.79 Å². The molecule has 0 fully saturated rings. The van der Waals surface area contributed by atoms with E-state index in [1.807, 2.05) is 68.8 Å². The van der Waals surface area contributed by atoms with E-state index in [0.29, 0.717) is 31.1 Å². The van der Waals surface area contributed by atoms with Gasteiger partial charge in [0.25, 0.3) is 0 Å². The van der Waals surface area contributed by atoms with Gasteiger partial charge in [-0.15, -0.1) is 0 Å². The molecule has 2 amide bonds. The van der Waals surface area contributed by atoms with Gasteiger partial charge in [-0.2, -0.15) is 5.10 Å². The molecule has 1 aromatic heterocycles. The number of methoxy groups -OCH3 is 1. The van der Waals surface area contributed by atoms with E-state index in [-0.39, 0.29) is 12.1 Å². The maximum atomic E-state index is 12.5. The summed E-state index contributed by atoms with van der Waals surface area (Å²) < 4.78 is 12.9. The summed E-state index contributed by atoms with van der Waals surface area (Å²) in [5, 5.41) is 9.95. The number of hydrogen-bond donors (Lipinski definition) is 2. The standard InChI is InChI=1S/C23H29N5O3/c1-27(2)22(18-7-4-9-20(15-18)30-3)17-24-23(29)26-19-8-5-10-21(16-19)31-14-13-28-12-6-11-25-28/h4-12,15-16,22H,13-14,17H2,1-3H3,(H2,24,26,29). The third kappa shape index (κ3) is 6.75. The Morgan fingerprint density at radius 2 is 1.94 bits per heavy atom. The minimum atomic E-state index is -0.275. The molecule has 0 aliphatic heterocycles. The number of nitrogens with zero attached hydrogens (tertiary/aromatic N) is 3. The highest BCUT2D eigenvalue weighted by Gasteiger charge is 2.16. The van der Waals surface area contributed by atoms with Crippen LogP contribution in [0.25, 0.3) is 0 Å². The lowest BCUT2D eigenvalue weighted by Crippen LogP contribution is -2.36. The van der Waals surface area contributed by atoms with Gasteiger partial charge in [-0.25, -0.2) is 4.79 Å². The van der Waals surface area contributed by atoms with Gasteiger partial charge in [0.1, 0.15) is 18.1 Å². The van der Waals surface area contributed by atoms with Gasteiger partial charge in [-0.3, -0.25) is 4.68 Å². The van der Waals surface area contributed by atoms with Crippen molar-refractivity contribution in [2.45, 2.75) is 12.6 Å².